The monoisotopic (exact) mass is 214 g/mol. The van der Waals surface area contributed by atoms with Crippen LogP contribution in [0.4, 0.5) is 18.9 Å². The lowest BCUT2D eigenvalue weighted by Gasteiger charge is -2.09. The van der Waals surface area contributed by atoms with Gasteiger partial charge >= 0.3 is 6.18 Å². The number of alkyl halides is 3. The van der Waals surface area contributed by atoms with Crippen molar-refractivity contribution >= 4 is 12.1 Å². The van der Waals surface area contributed by atoms with Crippen molar-refractivity contribution in [1.29, 1.82) is 5.26 Å². The van der Waals surface area contributed by atoms with Crippen molar-refractivity contribution in [2.24, 2.45) is 0 Å². The molecule has 1 amide bonds. The number of carbonyl (C=O) groups excluding carboxylic acids is 1. The van der Waals surface area contributed by atoms with Gasteiger partial charge in [0, 0.05) is 5.69 Å². The Kier molecular flexibility index (Phi) is 2.95. The summed E-state index contributed by atoms with van der Waals surface area (Å²) in [5, 5.41) is 10.7. The van der Waals surface area contributed by atoms with Gasteiger partial charge in [-0.3, -0.25) is 4.79 Å². The average Bonchev–Trinajstić information content (AvgIpc) is 2.16. The second-order valence-electron chi connectivity index (χ2n) is 2.63. The van der Waals surface area contributed by atoms with Crippen LogP contribution in [0.5, 0.6) is 0 Å². The van der Waals surface area contributed by atoms with Gasteiger partial charge in [0.15, 0.2) is 0 Å². The number of halogens is 3. The number of hydrogen-bond donors (Lipinski definition) is 1. The van der Waals surface area contributed by atoms with Crippen molar-refractivity contribution in [3.63, 3.8) is 0 Å². The van der Waals surface area contributed by atoms with E-state index in [1.807, 2.05) is 0 Å². The Hall–Kier alpha value is -2.03. The Bertz CT molecular complexity index is 420. The van der Waals surface area contributed by atoms with E-state index >= 15 is 0 Å². The summed E-state index contributed by atoms with van der Waals surface area (Å²) in [6.07, 6.45) is -4.24. The third kappa shape index (κ3) is 2.47. The molecule has 0 atom stereocenters. The van der Waals surface area contributed by atoms with E-state index in [1.54, 1.807) is 0 Å². The number of hydrogen-bond acceptors (Lipinski definition) is 2. The smallest absolute Gasteiger partial charge is 0.329 e. The Labute approximate surface area is 83.1 Å². The first-order chi connectivity index (χ1) is 6.99. The highest BCUT2D eigenvalue weighted by molar-refractivity contribution is 5.72. The van der Waals surface area contributed by atoms with Crippen LogP contribution in [0.1, 0.15) is 11.1 Å². The molecular weight excluding hydrogens is 209 g/mol. The first-order valence-electron chi connectivity index (χ1n) is 3.80. The molecule has 6 heteroatoms. The second kappa shape index (κ2) is 4.00. The van der Waals surface area contributed by atoms with Gasteiger partial charge in [0.25, 0.3) is 0 Å². The highest BCUT2D eigenvalue weighted by Gasteiger charge is 2.33. The first-order valence-corrected chi connectivity index (χ1v) is 3.80. The summed E-state index contributed by atoms with van der Waals surface area (Å²) >= 11 is 0. The van der Waals surface area contributed by atoms with Crippen LogP contribution >= 0.6 is 0 Å². The number of carbonyl (C=O) groups is 1. The van der Waals surface area contributed by atoms with E-state index in [4.69, 9.17) is 5.26 Å². The van der Waals surface area contributed by atoms with Gasteiger partial charge < -0.3 is 5.32 Å². The summed E-state index contributed by atoms with van der Waals surface area (Å²) in [6, 6.07) is 4.23. The van der Waals surface area contributed by atoms with E-state index in [2.05, 4.69) is 5.32 Å². The molecule has 1 aromatic rings. The maximum absolute atomic E-state index is 12.3. The quantitative estimate of drug-likeness (QED) is 0.767. The summed E-state index contributed by atoms with van der Waals surface area (Å²) in [4.78, 5) is 10.0. The molecular formula is C9H5F3N2O. The van der Waals surface area contributed by atoms with Crippen LogP contribution in [0.25, 0.3) is 0 Å². The number of nitrogens with zero attached hydrogens (tertiary/aromatic N) is 1. The van der Waals surface area contributed by atoms with Gasteiger partial charge in [-0.15, -0.1) is 0 Å². The summed E-state index contributed by atoms with van der Waals surface area (Å²) in [5.41, 5.74) is -1.38. The van der Waals surface area contributed by atoms with Crippen molar-refractivity contribution in [3.8, 4) is 6.07 Å². The van der Waals surface area contributed by atoms with Gasteiger partial charge in [0.2, 0.25) is 6.41 Å². The van der Waals surface area contributed by atoms with E-state index in [9.17, 15) is 18.0 Å². The van der Waals surface area contributed by atoms with Crippen LogP contribution in [0.2, 0.25) is 0 Å². The lowest BCUT2D eigenvalue weighted by atomic mass is 10.1. The molecule has 15 heavy (non-hydrogen) atoms. The summed E-state index contributed by atoms with van der Waals surface area (Å²) < 4.78 is 36.9. The molecule has 3 nitrogen and oxygen atoms in total. The van der Waals surface area contributed by atoms with E-state index in [0.29, 0.717) is 6.41 Å². The van der Waals surface area contributed by atoms with Crippen LogP contribution in [-0.2, 0) is 11.0 Å². The number of rotatable bonds is 2. The second-order valence-corrected chi connectivity index (χ2v) is 2.63. The van der Waals surface area contributed by atoms with Crippen molar-refractivity contribution in [2.75, 3.05) is 5.32 Å². The van der Waals surface area contributed by atoms with Gasteiger partial charge in [-0.05, 0) is 18.2 Å². The largest absolute Gasteiger partial charge is 0.417 e. The molecule has 0 spiro atoms. The fourth-order valence-corrected chi connectivity index (χ4v) is 1.04. The normalized spacial score (nSPS) is 10.5. The van der Waals surface area contributed by atoms with Gasteiger partial charge in [0.05, 0.1) is 17.2 Å². The fourth-order valence-electron chi connectivity index (χ4n) is 1.04. The number of anilines is 1. The third-order valence-corrected chi connectivity index (χ3v) is 1.67. The number of nitriles is 1. The molecule has 0 aliphatic carbocycles. The van der Waals surface area contributed by atoms with Crippen LogP contribution in [0.15, 0.2) is 18.2 Å². The van der Waals surface area contributed by atoms with E-state index in [-0.39, 0.29) is 5.69 Å². The summed E-state index contributed by atoms with van der Waals surface area (Å²) in [6.45, 7) is 0. The molecule has 78 valence electrons. The topological polar surface area (TPSA) is 52.9 Å². The van der Waals surface area contributed by atoms with Crippen molar-refractivity contribution in [2.45, 2.75) is 6.18 Å². The van der Waals surface area contributed by atoms with Crippen LogP contribution in [-0.4, -0.2) is 6.41 Å². The SMILES string of the molecule is N#Cc1cc(NC=O)ccc1C(F)(F)F. The Morgan fingerprint density at radius 2 is 2.07 bits per heavy atom. The Balaban J connectivity index is 3.22. The zero-order chi connectivity index (χ0) is 11.5. The van der Waals surface area contributed by atoms with Crippen LogP contribution in [0.3, 0.4) is 0 Å². The van der Waals surface area contributed by atoms with E-state index in [0.717, 1.165) is 18.2 Å². The zero-order valence-corrected chi connectivity index (χ0v) is 7.30. The molecule has 0 aliphatic heterocycles. The molecule has 1 N–H and O–H groups in total. The first kappa shape index (κ1) is 11.0. The molecule has 0 unspecified atom stereocenters. The van der Waals surface area contributed by atoms with E-state index in [1.165, 1.54) is 6.07 Å². The molecule has 0 radical (unpaired) electrons. The Morgan fingerprint density at radius 1 is 1.40 bits per heavy atom. The van der Waals surface area contributed by atoms with Gasteiger partial charge in [-0.25, -0.2) is 0 Å². The molecule has 0 heterocycles. The van der Waals surface area contributed by atoms with Gasteiger partial charge in [0.1, 0.15) is 0 Å². The minimum Gasteiger partial charge on any atom is -0.329 e. The molecule has 0 aliphatic rings. The highest BCUT2D eigenvalue weighted by Crippen LogP contribution is 2.32. The lowest BCUT2D eigenvalue weighted by Crippen LogP contribution is -2.08. The van der Waals surface area contributed by atoms with Crippen molar-refractivity contribution in [1.82, 2.24) is 0 Å². The van der Waals surface area contributed by atoms with Gasteiger partial charge in [-0.1, -0.05) is 0 Å². The fraction of sp³-hybridized carbons (Fsp3) is 0.111. The zero-order valence-electron chi connectivity index (χ0n) is 7.30. The number of amides is 1. The molecule has 0 fully saturated rings. The number of benzene rings is 1. The maximum atomic E-state index is 12.3. The standard InChI is InChI=1S/C9H5F3N2O/c10-9(11,12)8-2-1-7(14-5-15)3-6(8)4-13/h1-3,5H,(H,14,15). The van der Waals surface area contributed by atoms with E-state index < -0.39 is 17.3 Å². The Morgan fingerprint density at radius 3 is 2.53 bits per heavy atom. The van der Waals surface area contributed by atoms with Crippen LogP contribution < -0.4 is 5.32 Å². The molecule has 0 saturated heterocycles. The molecule has 1 aromatic carbocycles. The van der Waals surface area contributed by atoms with Crippen molar-refractivity contribution < 1.29 is 18.0 Å². The van der Waals surface area contributed by atoms with Crippen LogP contribution in [0, 0.1) is 11.3 Å². The predicted molar refractivity (Wildman–Crippen MR) is 45.8 cm³/mol. The number of nitrogens with one attached hydrogen (secondary N) is 1. The molecule has 0 aromatic heterocycles. The summed E-state index contributed by atoms with van der Waals surface area (Å²) in [7, 11) is 0. The van der Waals surface area contributed by atoms with Crippen molar-refractivity contribution in [3.05, 3.63) is 29.3 Å². The van der Waals surface area contributed by atoms with Gasteiger partial charge in [-0.2, -0.15) is 18.4 Å². The third-order valence-electron chi connectivity index (χ3n) is 1.67. The molecule has 1 rings (SSSR count). The minimum atomic E-state index is -4.56. The maximum Gasteiger partial charge on any atom is 0.417 e. The predicted octanol–water partition coefficient (Wildman–Crippen LogP) is 2.15. The molecule has 0 saturated carbocycles. The minimum absolute atomic E-state index is 0.148. The molecule has 0 bridgehead atoms. The average molecular weight is 214 g/mol. The summed E-state index contributed by atoms with van der Waals surface area (Å²) in [5.74, 6) is 0. The highest BCUT2D eigenvalue weighted by atomic mass is 19.4. The lowest BCUT2D eigenvalue weighted by molar-refractivity contribution is -0.137.